The highest BCUT2D eigenvalue weighted by Gasteiger charge is 2.30. The summed E-state index contributed by atoms with van der Waals surface area (Å²) < 4.78 is 15.7. The molecule has 0 saturated carbocycles. The van der Waals surface area contributed by atoms with Crippen LogP contribution in [0.15, 0.2) is 67.1 Å². The molecule has 6 heteroatoms. The van der Waals surface area contributed by atoms with Crippen LogP contribution in [0.3, 0.4) is 0 Å². The number of rotatable bonds is 2. The first-order chi connectivity index (χ1) is 12.2. The van der Waals surface area contributed by atoms with Gasteiger partial charge in [0.25, 0.3) is 0 Å². The van der Waals surface area contributed by atoms with Crippen molar-refractivity contribution in [1.82, 2.24) is 14.5 Å². The van der Waals surface area contributed by atoms with E-state index in [-0.39, 0.29) is 11.9 Å². The maximum atomic E-state index is 13.4. The minimum absolute atomic E-state index is 0.000286. The van der Waals surface area contributed by atoms with Crippen LogP contribution >= 0.6 is 12.2 Å². The van der Waals surface area contributed by atoms with Gasteiger partial charge in [0.1, 0.15) is 5.82 Å². The van der Waals surface area contributed by atoms with Crippen molar-refractivity contribution in [3.8, 4) is 0 Å². The number of fused-ring (bicyclic) bond motifs is 1. The summed E-state index contributed by atoms with van der Waals surface area (Å²) in [6.07, 6.45) is 5.67. The Balaban J connectivity index is 1.66. The number of nitrogens with zero attached hydrogens (tertiary/aromatic N) is 3. The topological polar surface area (TPSA) is 33.1 Å². The van der Waals surface area contributed by atoms with Gasteiger partial charge in [-0.15, -0.1) is 0 Å². The summed E-state index contributed by atoms with van der Waals surface area (Å²) in [4.78, 5) is 6.26. The quantitative estimate of drug-likeness (QED) is 0.711. The molecule has 1 atom stereocenters. The van der Waals surface area contributed by atoms with E-state index in [2.05, 4.69) is 38.1 Å². The number of benzene rings is 1. The van der Waals surface area contributed by atoms with E-state index in [4.69, 9.17) is 12.2 Å². The zero-order valence-corrected chi connectivity index (χ0v) is 14.3. The Hall–Kier alpha value is -2.73. The van der Waals surface area contributed by atoms with Gasteiger partial charge in [0, 0.05) is 43.1 Å². The maximum absolute atomic E-state index is 13.4. The van der Waals surface area contributed by atoms with Gasteiger partial charge in [0.05, 0.1) is 6.04 Å². The minimum Gasteiger partial charge on any atom is -0.348 e. The fourth-order valence-electron chi connectivity index (χ4n) is 3.26. The Bertz CT molecular complexity index is 893. The summed E-state index contributed by atoms with van der Waals surface area (Å²) in [6, 6.07) is 14.5. The summed E-state index contributed by atoms with van der Waals surface area (Å²) in [5.74, 6) is -0.286. The molecule has 1 aromatic carbocycles. The number of hydrogen-bond acceptors (Lipinski definition) is 2. The third-order valence-electron chi connectivity index (χ3n) is 4.40. The molecule has 1 aliphatic rings. The predicted molar refractivity (Wildman–Crippen MR) is 99.8 cm³/mol. The zero-order chi connectivity index (χ0) is 17.2. The average Bonchev–Trinajstić information content (AvgIpc) is 3.10. The first-order valence-corrected chi connectivity index (χ1v) is 8.51. The van der Waals surface area contributed by atoms with Crippen LogP contribution in [0.5, 0.6) is 0 Å². The van der Waals surface area contributed by atoms with Crippen molar-refractivity contribution >= 4 is 23.0 Å². The minimum atomic E-state index is -0.286. The van der Waals surface area contributed by atoms with E-state index in [1.54, 1.807) is 18.5 Å². The van der Waals surface area contributed by atoms with Crippen LogP contribution in [0.2, 0.25) is 0 Å². The molecule has 126 valence electrons. The van der Waals surface area contributed by atoms with Gasteiger partial charge >= 0.3 is 0 Å². The van der Waals surface area contributed by atoms with Gasteiger partial charge in [0.15, 0.2) is 5.11 Å². The van der Waals surface area contributed by atoms with Gasteiger partial charge < -0.3 is 14.8 Å². The third kappa shape index (κ3) is 3.13. The molecule has 25 heavy (non-hydrogen) atoms. The summed E-state index contributed by atoms with van der Waals surface area (Å²) in [5.41, 5.74) is 2.96. The van der Waals surface area contributed by atoms with Crippen LogP contribution in [0, 0.1) is 5.82 Å². The Labute approximate surface area is 150 Å². The summed E-state index contributed by atoms with van der Waals surface area (Å²) in [6.45, 7) is 1.63. The molecular weight excluding hydrogens is 335 g/mol. The summed E-state index contributed by atoms with van der Waals surface area (Å²) in [7, 11) is 0. The SMILES string of the molecule is Fc1cccc(NC(=S)N2CCn3cccc3C2c2ccncc2)c1. The Morgan fingerprint density at radius 1 is 1.12 bits per heavy atom. The molecule has 0 radical (unpaired) electrons. The fraction of sp³-hybridized carbons (Fsp3) is 0.158. The van der Waals surface area contributed by atoms with Crippen molar-refractivity contribution in [1.29, 1.82) is 0 Å². The molecule has 0 amide bonds. The Morgan fingerprint density at radius 3 is 2.76 bits per heavy atom. The van der Waals surface area contributed by atoms with Crippen LogP contribution in [0.4, 0.5) is 10.1 Å². The lowest BCUT2D eigenvalue weighted by Crippen LogP contribution is -2.44. The normalized spacial score (nSPS) is 16.4. The van der Waals surface area contributed by atoms with E-state index in [1.165, 1.54) is 17.8 Å². The van der Waals surface area contributed by atoms with E-state index in [0.717, 1.165) is 18.7 Å². The van der Waals surface area contributed by atoms with E-state index in [9.17, 15) is 4.39 Å². The lowest BCUT2D eigenvalue weighted by atomic mass is 10.0. The van der Waals surface area contributed by atoms with Gasteiger partial charge in [-0.25, -0.2) is 4.39 Å². The number of aromatic nitrogens is 2. The molecule has 1 N–H and O–H groups in total. The van der Waals surface area contributed by atoms with Gasteiger partial charge in [-0.2, -0.15) is 0 Å². The molecule has 3 aromatic rings. The van der Waals surface area contributed by atoms with E-state index >= 15 is 0 Å². The highest BCUT2D eigenvalue weighted by Crippen LogP contribution is 2.32. The van der Waals surface area contributed by atoms with Crippen molar-refractivity contribution in [2.75, 3.05) is 11.9 Å². The van der Waals surface area contributed by atoms with Gasteiger partial charge in [0.2, 0.25) is 0 Å². The Kier molecular flexibility index (Phi) is 4.19. The van der Waals surface area contributed by atoms with Crippen molar-refractivity contribution in [2.45, 2.75) is 12.6 Å². The molecule has 1 aliphatic heterocycles. The second-order valence-corrected chi connectivity index (χ2v) is 6.33. The predicted octanol–water partition coefficient (Wildman–Crippen LogP) is 3.82. The number of anilines is 1. The van der Waals surface area contributed by atoms with Crippen molar-refractivity contribution in [3.05, 3.63) is 84.2 Å². The van der Waals surface area contributed by atoms with Crippen molar-refractivity contribution < 1.29 is 4.39 Å². The first kappa shape index (κ1) is 15.8. The lowest BCUT2D eigenvalue weighted by molar-refractivity contribution is 0.293. The highest BCUT2D eigenvalue weighted by atomic mass is 32.1. The lowest BCUT2D eigenvalue weighted by Gasteiger charge is -2.39. The van der Waals surface area contributed by atoms with Crippen LogP contribution in [-0.2, 0) is 6.54 Å². The highest BCUT2D eigenvalue weighted by molar-refractivity contribution is 7.80. The van der Waals surface area contributed by atoms with Crippen molar-refractivity contribution in [2.24, 2.45) is 0 Å². The maximum Gasteiger partial charge on any atom is 0.174 e. The molecule has 3 heterocycles. The standard InChI is InChI=1S/C19H17FN4S/c20-15-3-1-4-16(13-15)22-19(25)24-12-11-23-10-2-5-17(23)18(24)14-6-8-21-9-7-14/h1-10,13,18H,11-12H2,(H,22,25). The van der Waals surface area contributed by atoms with Gasteiger partial charge in [-0.3, -0.25) is 4.98 Å². The van der Waals surface area contributed by atoms with E-state index in [1.807, 2.05) is 18.2 Å². The molecular formula is C19H17FN4S. The smallest absolute Gasteiger partial charge is 0.174 e. The molecule has 0 fully saturated rings. The zero-order valence-electron chi connectivity index (χ0n) is 13.5. The molecule has 0 saturated heterocycles. The summed E-state index contributed by atoms with van der Waals surface area (Å²) in [5, 5.41) is 3.75. The molecule has 4 nitrogen and oxygen atoms in total. The fourth-order valence-corrected chi connectivity index (χ4v) is 3.57. The Morgan fingerprint density at radius 2 is 1.96 bits per heavy atom. The second kappa shape index (κ2) is 6.64. The van der Waals surface area contributed by atoms with Crippen LogP contribution in [0.25, 0.3) is 0 Å². The average molecular weight is 352 g/mol. The third-order valence-corrected chi connectivity index (χ3v) is 4.73. The summed E-state index contributed by atoms with van der Waals surface area (Å²) >= 11 is 5.65. The van der Waals surface area contributed by atoms with Crippen LogP contribution in [0.1, 0.15) is 17.3 Å². The number of halogens is 1. The van der Waals surface area contributed by atoms with Crippen molar-refractivity contribution in [3.63, 3.8) is 0 Å². The van der Waals surface area contributed by atoms with Gasteiger partial charge in [-0.05, 0) is 60.2 Å². The first-order valence-electron chi connectivity index (χ1n) is 8.10. The monoisotopic (exact) mass is 352 g/mol. The molecule has 2 aromatic heterocycles. The molecule has 4 rings (SSSR count). The van der Waals surface area contributed by atoms with Gasteiger partial charge in [-0.1, -0.05) is 6.07 Å². The molecule has 0 aliphatic carbocycles. The number of nitrogens with one attached hydrogen (secondary N) is 1. The largest absolute Gasteiger partial charge is 0.348 e. The van der Waals surface area contributed by atoms with Crippen LogP contribution < -0.4 is 5.32 Å². The number of pyridine rings is 1. The van der Waals surface area contributed by atoms with E-state index < -0.39 is 0 Å². The molecule has 0 bridgehead atoms. The molecule has 0 spiro atoms. The second-order valence-electron chi connectivity index (χ2n) is 5.94. The van der Waals surface area contributed by atoms with E-state index in [0.29, 0.717) is 10.8 Å². The van der Waals surface area contributed by atoms with Crippen LogP contribution in [-0.4, -0.2) is 26.1 Å². The number of thiocarbonyl (C=S) groups is 1. The number of hydrogen-bond donors (Lipinski definition) is 1. The molecule has 1 unspecified atom stereocenters.